The summed E-state index contributed by atoms with van der Waals surface area (Å²) < 4.78 is 6.73. The topological polar surface area (TPSA) is 69.0 Å². The number of rotatable bonds is 9. The van der Waals surface area contributed by atoms with E-state index in [0.717, 1.165) is 24.4 Å². The van der Waals surface area contributed by atoms with Crippen molar-refractivity contribution in [2.75, 3.05) is 25.7 Å². The molecule has 1 aromatic rings. The molecule has 0 saturated heterocycles. The van der Waals surface area contributed by atoms with Gasteiger partial charge in [-0.2, -0.15) is 11.8 Å². The number of thioether (sulfide) groups is 1. The Morgan fingerprint density at radius 1 is 1.61 bits per heavy atom. The van der Waals surface area contributed by atoms with Crippen molar-refractivity contribution in [3.05, 3.63) is 11.9 Å². The van der Waals surface area contributed by atoms with E-state index in [2.05, 4.69) is 15.6 Å². The van der Waals surface area contributed by atoms with Crippen molar-refractivity contribution in [1.29, 1.82) is 0 Å². The maximum absolute atomic E-state index is 11.3. The Balaban J connectivity index is 2.11. The number of aromatic nitrogens is 3. The smallest absolute Gasteiger partial charge is 0.220 e. The number of carbonyl (C=O) groups is 1. The Bertz CT molecular complexity index is 357. The number of nitrogens with zero attached hydrogens (tertiary/aromatic N) is 3. The summed E-state index contributed by atoms with van der Waals surface area (Å²) in [5.41, 5.74) is 0.821. The molecule has 0 aromatic carbocycles. The minimum Gasteiger partial charge on any atom is -0.378 e. The Morgan fingerprint density at radius 2 is 2.44 bits per heavy atom. The fraction of sp³-hybridized carbons (Fsp3) is 0.727. The van der Waals surface area contributed by atoms with Crippen LogP contribution in [0.3, 0.4) is 0 Å². The highest BCUT2D eigenvalue weighted by Crippen LogP contribution is 1.97. The second kappa shape index (κ2) is 8.93. The monoisotopic (exact) mass is 272 g/mol. The van der Waals surface area contributed by atoms with Crippen LogP contribution in [0.15, 0.2) is 6.20 Å². The molecule has 1 aromatic heterocycles. The number of amides is 1. The molecular weight excluding hydrogens is 252 g/mol. The van der Waals surface area contributed by atoms with Gasteiger partial charge in [0.05, 0.1) is 12.8 Å². The van der Waals surface area contributed by atoms with Crippen molar-refractivity contribution >= 4 is 17.7 Å². The lowest BCUT2D eigenvalue weighted by Gasteiger charge is -2.04. The third-order valence-electron chi connectivity index (χ3n) is 2.30. The SMILES string of the molecule is COCc1cn(CCCNC(=O)CCSC)nn1. The van der Waals surface area contributed by atoms with Crippen molar-refractivity contribution in [3.63, 3.8) is 0 Å². The van der Waals surface area contributed by atoms with Crippen LogP contribution < -0.4 is 5.32 Å². The number of hydrogen-bond donors (Lipinski definition) is 1. The second-order valence-corrected chi connectivity index (χ2v) is 4.84. The molecule has 0 aliphatic rings. The molecule has 1 amide bonds. The number of carbonyl (C=O) groups excluding carboxylic acids is 1. The average Bonchev–Trinajstić information content (AvgIpc) is 2.80. The third kappa shape index (κ3) is 6.02. The van der Waals surface area contributed by atoms with E-state index < -0.39 is 0 Å². The highest BCUT2D eigenvalue weighted by Gasteiger charge is 2.01. The number of hydrogen-bond acceptors (Lipinski definition) is 5. The van der Waals surface area contributed by atoms with Crippen LogP contribution in [0, 0.1) is 0 Å². The van der Waals surface area contributed by atoms with Crippen molar-refractivity contribution in [2.45, 2.75) is 26.0 Å². The summed E-state index contributed by atoms with van der Waals surface area (Å²) in [6, 6.07) is 0. The first-order valence-corrected chi connectivity index (χ1v) is 7.29. The molecule has 0 bridgehead atoms. The molecule has 0 aliphatic heterocycles. The second-order valence-electron chi connectivity index (χ2n) is 3.85. The highest BCUT2D eigenvalue weighted by molar-refractivity contribution is 7.98. The van der Waals surface area contributed by atoms with Crippen molar-refractivity contribution in [3.8, 4) is 0 Å². The van der Waals surface area contributed by atoms with Crippen molar-refractivity contribution < 1.29 is 9.53 Å². The van der Waals surface area contributed by atoms with Gasteiger partial charge in [-0.05, 0) is 12.7 Å². The first-order valence-electron chi connectivity index (χ1n) is 5.90. The summed E-state index contributed by atoms with van der Waals surface area (Å²) in [6.07, 6.45) is 5.29. The summed E-state index contributed by atoms with van der Waals surface area (Å²) in [7, 11) is 1.63. The normalized spacial score (nSPS) is 10.6. The Kier molecular flexibility index (Phi) is 7.43. The summed E-state index contributed by atoms with van der Waals surface area (Å²) >= 11 is 1.68. The molecule has 0 aliphatic carbocycles. The van der Waals surface area contributed by atoms with Gasteiger partial charge in [0.25, 0.3) is 0 Å². The van der Waals surface area contributed by atoms with E-state index in [0.29, 0.717) is 19.6 Å². The molecule has 7 heteroatoms. The van der Waals surface area contributed by atoms with Crippen LogP contribution in [-0.2, 0) is 22.7 Å². The van der Waals surface area contributed by atoms with Gasteiger partial charge in [0, 0.05) is 32.4 Å². The zero-order valence-electron chi connectivity index (χ0n) is 10.9. The zero-order chi connectivity index (χ0) is 13.2. The van der Waals surface area contributed by atoms with Crippen molar-refractivity contribution in [1.82, 2.24) is 20.3 Å². The van der Waals surface area contributed by atoms with E-state index in [9.17, 15) is 4.79 Å². The molecule has 1 rings (SSSR count). The van der Waals surface area contributed by atoms with E-state index >= 15 is 0 Å². The van der Waals surface area contributed by atoms with Gasteiger partial charge in [-0.1, -0.05) is 5.21 Å². The number of nitrogens with one attached hydrogen (secondary N) is 1. The van der Waals surface area contributed by atoms with E-state index in [-0.39, 0.29) is 5.91 Å². The summed E-state index contributed by atoms with van der Waals surface area (Å²) in [6.45, 7) is 1.90. The molecule has 1 heterocycles. The first-order chi connectivity index (χ1) is 8.76. The Morgan fingerprint density at radius 3 is 3.17 bits per heavy atom. The van der Waals surface area contributed by atoms with Crippen LogP contribution >= 0.6 is 11.8 Å². The molecule has 0 fully saturated rings. The lowest BCUT2D eigenvalue weighted by atomic mass is 10.4. The largest absolute Gasteiger partial charge is 0.378 e. The van der Waals surface area contributed by atoms with E-state index in [4.69, 9.17) is 4.74 Å². The molecule has 0 unspecified atom stereocenters. The van der Waals surface area contributed by atoms with Crippen LogP contribution in [-0.4, -0.2) is 46.6 Å². The Labute approximate surface area is 111 Å². The molecule has 0 saturated carbocycles. The average molecular weight is 272 g/mol. The molecule has 0 spiro atoms. The van der Waals surface area contributed by atoms with Gasteiger partial charge in [0.15, 0.2) is 0 Å². The van der Waals surface area contributed by atoms with Crippen molar-refractivity contribution in [2.24, 2.45) is 0 Å². The van der Waals surface area contributed by atoms with Crippen LogP contribution in [0.5, 0.6) is 0 Å². The van der Waals surface area contributed by atoms with Gasteiger partial charge in [0.1, 0.15) is 5.69 Å². The third-order valence-corrected chi connectivity index (χ3v) is 2.91. The predicted molar refractivity (Wildman–Crippen MR) is 71.4 cm³/mol. The Hall–Kier alpha value is -1.08. The number of ether oxygens (including phenoxy) is 1. The lowest BCUT2D eigenvalue weighted by Crippen LogP contribution is -2.25. The molecule has 102 valence electrons. The minimum absolute atomic E-state index is 0.114. The van der Waals surface area contributed by atoms with Gasteiger partial charge >= 0.3 is 0 Å². The fourth-order valence-corrected chi connectivity index (χ4v) is 1.80. The van der Waals surface area contributed by atoms with Crippen LogP contribution in [0.25, 0.3) is 0 Å². The molecule has 1 N–H and O–H groups in total. The van der Waals surface area contributed by atoms with Gasteiger partial charge in [-0.15, -0.1) is 5.10 Å². The molecule has 6 nitrogen and oxygen atoms in total. The quantitative estimate of drug-likeness (QED) is 0.670. The van der Waals surface area contributed by atoms with E-state index in [1.54, 1.807) is 23.6 Å². The minimum atomic E-state index is 0.114. The zero-order valence-corrected chi connectivity index (χ0v) is 11.7. The van der Waals surface area contributed by atoms with E-state index in [1.165, 1.54) is 0 Å². The lowest BCUT2D eigenvalue weighted by molar-refractivity contribution is -0.120. The van der Waals surface area contributed by atoms with Gasteiger partial charge in [0.2, 0.25) is 5.91 Å². The summed E-state index contributed by atoms with van der Waals surface area (Å²) in [5, 5.41) is 10.8. The molecule has 0 atom stereocenters. The van der Waals surface area contributed by atoms with Gasteiger partial charge < -0.3 is 10.1 Å². The van der Waals surface area contributed by atoms with Crippen LogP contribution in [0.2, 0.25) is 0 Å². The highest BCUT2D eigenvalue weighted by atomic mass is 32.2. The van der Waals surface area contributed by atoms with Crippen LogP contribution in [0.4, 0.5) is 0 Å². The standard InChI is InChI=1S/C11H20N4O2S/c1-17-9-10-8-15(14-13-10)6-3-5-12-11(16)4-7-18-2/h8H,3-7,9H2,1-2H3,(H,12,16). The fourth-order valence-electron chi connectivity index (χ4n) is 1.41. The summed E-state index contributed by atoms with van der Waals surface area (Å²) in [5.74, 6) is 0.984. The first kappa shape index (κ1) is 15.0. The van der Waals surface area contributed by atoms with Crippen LogP contribution in [0.1, 0.15) is 18.5 Å². The molecule has 18 heavy (non-hydrogen) atoms. The number of aryl methyl sites for hydroxylation is 1. The molecule has 0 radical (unpaired) electrons. The maximum Gasteiger partial charge on any atom is 0.220 e. The van der Waals surface area contributed by atoms with Gasteiger partial charge in [-0.3, -0.25) is 9.48 Å². The van der Waals surface area contributed by atoms with E-state index in [1.807, 2.05) is 12.5 Å². The van der Waals surface area contributed by atoms with Gasteiger partial charge in [-0.25, -0.2) is 0 Å². The maximum atomic E-state index is 11.3. The predicted octanol–water partition coefficient (Wildman–Crippen LogP) is 0.684. The summed E-state index contributed by atoms with van der Waals surface area (Å²) in [4.78, 5) is 11.3. The molecular formula is C11H20N4O2S. The number of methoxy groups -OCH3 is 1.